The van der Waals surface area contributed by atoms with E-state index in [1.165, 1.54) is 11.8 Å². The van der Waals surface area contributed by atoms with E-state index in [-0.39, 0.29) is 5.82 Å². The molecule has 7 nitrogen and oxygen atoms in total. The largest absolute Gasteiger partial charge is 0.493 e. The SMILES string of the molecule is CNCc1c(F)ccc2c1CCCO2.Cc1c(SN2CCn3nccc3C2)cc(C=O)n1C. The van der Waals surface area contributed by atoms with Crippen LogP contribution < -0.4 is 10.1 Å². The van der Waals surface area contributed by atoms with Crippen molar-refractivity contribution in [3.8, 4) is 5.75 Å². The van der Waals surface area contributed by atoms with Gasteiger partial charge in [0.25, 0.3) is 0 Å². The Hall–Kier alpha value is -2.62. The average molecular weight is 472 g/mol. The van der Waals surface area contributed by atoms with Crippen molar-refractivity contribution in [2.24, 2.45) is 7.05 Å². The minimum atomic E-state index is -0.136. The third-order valence-electron chi connectivity index (χ3n) is 6.09. The Bertz CT molecular complexity index is 1130. The average Bonchev–Trinajstić information content (AvgIpc) is 3.41. The van der Waals surface area contributed by atoms with Gasteiger partial charge in [0.2, 0.25) is 0 Å². The Balaban J connectivity index is 0.000000165. The minimum Gasteiger partial charge on any atom is -0.493 e. The number of aldehydes is 1. The molecule has 33 heavy (non-hydrogen) atoms. The fourth-order valence-electron chi connectivity index (χ4n) is 4.13. The van der Waals surface area contributed by atoms with Crippen molar-refractivity contribution in [1.82, 2.24) is 24.0 Å². The van der Waals surface area contributed by atoms with Gasteiger partial charge in [0, 0.05) is 48.1 Å². The zero-order chi connectivity index (χ0) is 23.4. The Kier molecular flexibility index (Phi) is 7.52. The number of ether oxygens (including phenoxy) is 1. The molecule has 0 saturated carbocycles. The van der Waals surface area contributed by atoms with Crippen molar-refractivity contribution in [2.75, 3.05) is 20.2 Å². The van der Waals surface area contributed by atoms with Crippen molar-refractivity contribution in [3.05, 3.63) is 64.5 Å². The normalized spacial score (nSPS) is 15.2. The van der Waals surface area contributed by atoms with E-state index >= 15 is 0 Å². The number of carbonyl (C=O) groups excluding carboxylic acids is 1. The highest BCUT2D eigenvalue weighted by atomic mass is 32.2. The number of rotatable bonds is 5. The highest BCUT2D eigenvalue weighted by Crippen LogP contribution is 2.31. The van der Waals surface area contributed by atoms with Crippen LogP contribution in [-0.4, -0.2) is 45.1 Å². The Labute approximate surface area is 198 Å². The summed E-state index contributed by atoms with van der Waals surface area (Å²) in [5, 5.41) is 7.26. The summed E-state index contributed by atoms with van der Waals surface area (Å²) in [5.74, 6) is 0.714. The molecule has 9 heteroatoms. The minimum absolute atomic E-state index is 0.136. The lowest BCUT2D eigenvalue weighted by Gasteiger charge is -2.26. The van der Waals surface area contributed by atoms with Crippen LogP contribution in [0, 0.1) is 12.7 Å². The van der Waals surface area contributed by atoms with Gasteiger partial charge >= 0.3 is 0 Å². The lowest BCUT2D eigenvalue weighted by molar-refractivity contribution is 0.111. The fourth-order valence-corrected chi connectivity index (χ4v) is 5.22. The van der Waals surface area contributed by atoms with Crippen LogP contribution in [0.5, 0.6) is 5.75 Å². The van der Waals surface area contributed by atoms with Crippen LogP contribution in [0.3, 0.4) is 0 Å². The van der Waals surface area contributed by atoms with Crippen molar-refractivity contribution in [3.63, 3.8) is 0 Å². The molecule has 0 bridgehead atoms. The molecule has 3 aromatic rings. The summed E-state index contributed by atoms with van der Waals surface area (Å²) in [4.78, 5) is 12.1. The lowest BCUT2D eigenvalue weighted by atomic mass is 9.99. The number of hydrogen-bond acceptors (Lipinski definition) is 6. The van der Waals surface area contributed by atoms with Crippen LogP contribution in [0.1, 0.15) is 39.4 Å². The molecule has 0 fully saturated rings. The van der Waals surface area contributed by atoms with Crippen LogP contribution in [-0.2, 0) is 33.1 Å². The first-order chi connectivity index (χ1) is 16.0. The maximum atomic E-state index is 13.5. The molecule has 0 amide bonds. The number of aromatic nitrogens is 3. The lowest BCUT2D eigenvalue weighted by Crippen LogP contribution is -2.28. The number of carbonyl (C=O) groups is 1. The van der Waals surface area contributed by atoms with Crippen LogP contribution in [0.2, 0.25) is 0 Å². The summed E-state index contributed by atoms with van der Waals surface area (Å²) in [5.41, 5.74) is 4.88. The predicted molar refractivity (Wildman–Crippen MR) is 127 cm³/mol. The quantitative estimate of drug-likeness (QED) is 0.452. The first-order valence-electron chi connectivity index (χ1n) is 11.1. The van der Waals surface area contributed by atoms with E-state index in [1.54, 1.807) is 18.0 Å². The zero-order valence-electron chi connectivity index (χ0n) is 19.3. The monoisotopic (exact) mass is 471 g/mol. The van der Waals surface area contributed by atoms with Crippen LogP contribution in [0.25, 0.3) is 0 Å². The van der Waals surface area contributed by atoms with E-state index in [2.05, 4.69) is 20.8 Å². The van der Waals surface area contributed by atoms with Gasteiger partial charge in [0.1, 0.15) is 11.6 Å². The van der Waals surface area contributed by atoms with Gasteiger partial charge in [0.05, 0.1) is 31.1 Å². The third-order valence-corrected chi connectivity index (χ3v) is 7.27. The summed E-state index contributed by atoms with van der Waals surface area (Å²) < 4.78 is 25.2. The number of nitrogens with one attached hydrogen (secondary N) is 1. The molecule has 176 valence electrons. The van der Waals surface area contributed by atoms with E-state index in [0.717, 1.165) is 78.5 Å². The Morgan fingerprint density at radius 1 is 1.30 bits per heavy atom. The number of hydrogen-bond donors (Lipinski definition) is 1. The van der Waals surface area contributed by atoms with E-state index < -0.39 is 0 Å². The summed E-state index contributed by atoms with van der Waals surface area (Å²) in [6.07, 6.45) is 4.65. The first-order valence-corrected chi connectivity index (χ1v) is 11.9. The van der Waals surface area contributed by atoms with Gasteiger partial charge in [-0.2, -0.15) is 5.10 Å². The van der Waals surface area contributed by atoms with Crippen molar-refractivity contribution < 1.29 is 13.9 Å². The molecule has 0 spiro atoms. The van der Waals surface area contributed by atoms with Gasteiger partial charge in [0.15, 0.2) is 6.29 Å². The summed E-state index contributed by atoms with van der Waals surface area (Å²) in [6.45, 7) is 6.13. The molecule has 2 aliphatic heterocycles. The molecule has 4 heterocycles. The molecule has 0 radical (unpaired) electrons. The summed E-state index contributed by atoms with van der Waals surface area (Å²) in [7, 11) is 3.75. The van der Waals surface area contributed by atoms with Gasteiger partial charge < -0.3 is 14.6 Å². The first kappa shape index (κ1) is 23.5. The van der Waals surface area contributed by atoms with Crippen molar-refractivity contribution in [2.45, 2.75) is 44.3 Å². The van der Waals surface area contributed by atoms with Crippen molar-refractivity contribution in [1.29, 1.82) is 0 Å². The molecule has 0 atom stereocenters. The molecule has 2 aromatic heterocycles. The second-order valence-corrected chi connectivity index (χ2v) is 9.32. The molecule has 1 N–H and O–H groups in total. The third kappa shape index (κ3) is 5.15. The molecular formula is C24H30FN5O2S. The summed E-state index contributed by atoms with van der Waals surface area (Å²) in [6, 6.07) is 7.22. The topological polar surface area (TPSA) is 64.3 Å². The predicted octanol–water partition coefficient (Wildman–Crippen LogP) is 3.74. The molecule has 2 aliphatic rings. The maximum Gasteiger partial charge on any atom is 0.166 e. The second-order valence-electron chi connectivity index (χ2n) is 8.18. The van der Waals surface area contributed by atoms with Gasteiger partial charge in [-0.25, -0.2) is 8.70 Å². The molecular weight excluding hydrogens is 441 g/mol. The number of halogens is 1. The molecule has 0 saturated heterocycles. The van der Waals surface area contributed by atoms with Crippen molar-refractivity contribution >= 4 is 18.2 Å². The van der Waals surface area contributed by atoms with E-state index in [1.807, 2.05) is 42.5 Å². The number of fused-ring (bicyclic) bond motifs is 2. The second kappa shape index (κ2) is 10.5. The highest BCUT2D eigenvalue weighted by molar-refractivity contribution is 7.97. The van der Waals surface area contributed by atoms with Gasteiger partial charge in [-0.05, 0) is 63.0 Å². The van der Waals surface area contributed by atoms with E-state index in [0.29, 0.717) is 6.54 Å². The Morgan fingerprint density at radius 2 is 2.15 bits per heavy atom. The fraction of sp³-hybridized carbons (Fsp3) is 0.417. The number of nitrogens with zero attached hydrogens (tertiary/aromatic N) is 4. The zero-order valence-corrected chi connectivity index (χ0v) is 20.1. The molecule has 5 rings (SSSR count). The van der Waals surface area contributed by atoms with Gasteiger partial charge in [-0.15, -0.1) is 0 Å². The van der Waals surface area contributed by atoms with Crippen LogP contribution in [0.4, 0.5) is 4.39 Å². The standard InChI is InChI=1S/C13H16N4OS.C11H14FNO/c1-10-13(7-12(9-18)15(10)2)19-16-5-6-17-11(8-16)3-4-14-17;1-13-7-9-8-3-2-6-14-11(8)5-4-10(9)12/h3-4,7,9H,5-6,8H2,1-2H3;4-5,13H,2-3,6-7H2,1H3. The highest BCUT2D eigenvalue weighted by Gasteiger charge is 2.20. The summed E-state index contributed by atoms with van der Waals surface area (Å²) >= 11 is 1.72. The maximum absolute atomic E-state index is 13.5. The van der Waals surface area contributed by atoms with Gasteiger partial charge in [-0.1, -0.05) is 0 Å². The Morgan fingerprint density at radius 3 is 2.91 bits per heavy atom. The molecule has 0 unspecified atom stereocenters. The van der Waals surface area contributed by atoms with Crippen LogP contribution >= 0.6 is 11.9 Å². The molecule has 1 aromatic carbocycles. The van der Waals surface area contributed by atoms with Gasteiger partial charge in [-0.3, -0.25) is 9.48 Å². The van der Waals surface area contributed by atoms with Crippen LogP contribution in [0.15, 0.2) is 35.4 Å². The molecule has 0 aliphatic carbocycles. The van der Waals surface area contributed by atoms with E-state index in [4.69, 9.17) is 4.74 Å². The number of benzene rings is 1. The smallest absolute Gasteiger partial charge is 0.166 e. The van der Waals surface area contributed by atoms with E-state index in [9.17, 15) is 9.18 Å².